The molecule has 0 saturated carbocycles. The third-order valence-corrected chi connectivity index (χ3v) is 2.78. The highest BCUT2D eigenvalue weighted by Crippen LogP contribution is 2.28. The van der Waals surface area contributed by atoms with Crippen molar-refractivity contribution in [1.82, 2.24) is 4.90 Å². The molecule has 1 fully saturated rings. The lowest BCUT2D eigenvalue weighted by atomic mass is 10.0. The number of rotatable bonds is 1. The first-order valence-electron chi connectivity index (χ1n) is 4.49. The Morgan fingerprint density at radius 2 is 2.45 bits per heavy atom. The minimum atomic E-state index is 0.860. The zero-order valence-corrected chi connectivity index (χ0v) is 6.92. The van der Waals surface area contributed by atoms with Gasteiger partial charge in [0.1, 0.15) is 0 Å². The van der Waals surface area contributed by atoms with Crippen LogP contribution in [0.1, 0.15) is 25.7 Å². The maximum absolute atomic E-state index is 3.80. The summed E-state index contributed by atoms with van der Waals surface area (Å²) in [5.41, 5.74) is 1.42. The lowest BCUT2D eigenvalue weighted by molar-refractivity contribution is 0.313. The predicted molar refractivity (Wildman–Crippen MR) is 47.2 cm³/mol. The van der Waals surface area contributed by atoms with Crippen LogP contribution in [0, 0.1) is 0 Å². The molecular formula is C10H15N. The minimum Gasteiger partial charge on any atom is -0.374 e. The van der Waals surface area contributed by atoms with Crippen LogP contribution >= 0.6 is 0 Å². The van der Waals surface area contributed by atoms with Crippen molar-refractivity contribution in [2.45, 2.75) is 31.7 Å². The summed E-state index contributed by atoms with van der Waals surface area (Å²) in [7, 11) is 0. The van der Waals surface area contributed by atoms with Crippen molar-refractivity contribution in [3.8, 4) is 0 Å². The summed E-state index contributed by atoms with van der Waals surface area (Å²) < 4.78 is 0. The molecule has 0 aromatic heterocycles. The van der Waals surface area contributed by atoms with Crippen molar-refractivity contribution in [3.63, 3.8) is 0 Å². The second-order valence-electron chi connectivity index (χ2n) is 3.48. The van der Waals surface area contributed by atoms with Crippen LogP contribution in [0.5, 0.6) is 0 Å². The van der Waals surface area contributed by atoms with E-state index in [-0.39, 0.29) is 0 Å². The molecule has 1 heteroatoms. The molecule has 0 aromatic rings. The van der Waals surface area contributed by atoms with Crippen molar-refractivity contribution in [2.75, 3.05) is 6.54 Å². The van der Waals surface area contributed by atoms with Gasteiger partial charge in [-0.2, -0.15) is 0 Å². The minimum absolute atomic E-state index is 0.860. The Kier molecular flexibility index (Phi) is 1.72. The second kappa shape index (κ2) is 2.72. The molecule has 1 atom stereocenters. The van der Waals surface area contributed by atoms with E-state index in [1.807, 2.05) is 6.08 Å². The molecule has 0 aromatic carbocycles. The summed E-state index contributed by atoms with van der Waals surface area (Å²) in [6.45, 7) is 5.07. The van der Waals surface area contributed by atoms with Crippen LogP contribution in [-0.4, -0.2) is 17.5 Å². The molecule has 1 saturated heterocycles. The van der Waals surface area contributed by atoms with Crippen LogP contribution in [0.3, 0.4) is 0 Å². The molecule has 2 rings (SSSR count). The van der Waals surface area contributed by atoms with Gasteiger partial charge in [0, 0.05) is 18.8 Å². The zero-order chi connectivity index (χ0) is 7.68. The van der Waals surface area contributed by atoms with E-state index in [1.54, 1.807) is 0 Å². The van der Waals surface area contributed by atoms with Gasteiger partial charge in [-0.3, -0.25) is 0 Å². The van der Waals surface area contributed by atoms with Crippen molar-refractivity contribution < 1.29 is 0 Å². The first-order valence-corrected chi connectivity index (χ1v) is 4.49. The van der Waals surface area contributed by atoms with E-state index in [9.17, 15) is 0 Å². The Hall–Kier alpha value is -0.720. The zero-order valence-electron chi connectivity index (χ0n) is 6.92. The SMILES string of the molecule is C=CC1=CN2CCC[C@H]2CC1. The molecule has 0 amide bonds. The molecule has 0 radical (unpaired) electrons. The highest BCUT2D eigenvalue weighted by molar-refractivity contribution is 5.19. The average molecular weight is 149 g/mol. The summed E-state index contributed by atoms with van der Waals surface area (Å²) in [4.78, 5) is 2.49. The highest BCUT2D eigenvalue weighted by atomic mass is 15.2. The van der Waals surface area contributed by atoms with Crippen LogP contribution in [0.2, 0.25) is 0 Å². The summed E-state index contributed by atoms with van der Waals surface area (Å²) in [6.07, 6.45) is 9.66. The summed E-state index contributed by atoms with van der Waals surface area (Å²) in [6, 6.07) is 0.860. The molecule has 2 heterocycles. The van der Waals surface area contributed by atoms with E-state index in [2.05, 4.69) is 17.7 Å². The number of fused-ring (bicyclic) bond motifs is 1. The first-order chi connectivity index (χ1) is 5.40. The molecule has 0 unspecified atom stereocenters. The van der Waals surface area contributed by atoms with E-state index in [0.717, 1.165) is 6.04 Å². The van der Waals surface area contributed by atoms with Gasteiger partial charge in [0.05, 0.1) is 0 Å². The predicted octanol–water partition coefficient (Wildman–Crippen LogP) is 2.31. The van der Waals surface area contributed by atoms with Crippen molar-refractivity contribution in [3.05, 3.63) is 24.4 Å². The Balaban J connectivity index is 2.13. The molecule has 0 bridgehead atoms. The third kappa shape index (κ3) is 1.20. The standard InChI is InChI=1S/C10H15N/c1-2-9-5-6-10-4-3-7-11(10)8-9/h2,8,10H,1,3-7H2/t10-/m0/s1. The van der Waals surface area contributed by atoms with Crippen LogP contribution in [0.25, 0.3) is 0 Å². The maximum Gasteiger partial charge on any atom is 0.0288 e. The smallest absolute Gasteiger partial charge is 0.0288 e. The van der Waals surface area contributed by atoms with Crippen LogP contribution < -0.4 is 0 Å². The van der Waals surface area contributed by atoms with E-state index in [0.29, 0.717) is 0 Å². The van der Waals surface area contributed by atoms with Gasteiger partial charge < -0.3 is 4.90 Å². The van der Waals surface area contributed by atoms with Gasteiger partial charge in [0.2, 0.25) is 0 Å². The fraction of sp³-hybridized carbons (Fsp3) is 0.600. The van der Waals surface area contributed by atoms with Crippen molar-refractivity contribution >= 4 is 0 Å². The lowest BCUT2D eigenvalue weighted by Gasteiger charge is -2.28. The summed E-state index contributed by atoms with van der Waals surface area (Å²) >= 11 is 0. The Labute approximate surface area is 68.4 Å². The van der Waals surface area contributed by atoms with E-state index in [1.165, 1.54) is 37.8 Å². The largest absolute Gasteiger partial charge is 0.374 e. The van der Waals surface area contributed by atoms with Gasteiger partial charge in [0.15, 0.2) is 0 Å². The Bertz CT molecular complexity index is 193. The Morgan fingerprint density at radius 3 is 3.27 bits per heavy atom. The lowest BCUT2D eigenvalue weighted by Crippen LogP contribution is -2.27. The summed E-state index contributed by atoms with van der Waals surface area (Å²) in [5, 5.41) is 0. The van der Waals surface area contributed by atoms with Crippen LogP contribution in [0.15, 0.2) is 24.4 Å². The highest BCUT2D eigenvalue weighted by Gasteiger charge is 2.24. The molecule has 60 valence electrons. The molecule has 2 aliphatic heterocycles. The summed E-state index contributed by atoms with van der Waals surface area (Å²) in [5.74, 6) is 0. The second-order valence-corrected chi connectivity index (χ2v) is 3.48. The topological polar surface area (TPSA) is 3.24 Å². The van der Waals surface area contributed by atoms with Gasteiger partial charge in [0.25, 0.3) is 0 Å². The monoisotopic (exact) mass is 149 g/mol. The fourth-order valence-electron chi connectivity index (χ4n) is 2.10. The molecule has 11 heavy (non-hydrogen) atoms. The van der Waals surface area contributed by atoms with Crippen molar-refractivity contribution in [2.24, 2.45) is 0 Å². The van der Waals surface area contributed by atoms with Gasteiger partial charge in [-0.1, -0.05) is 12.7 Å². The normalized spacial score (nSPS) is 29.6. The van der Waals surface area contributed by atoms with Crippen LogP contribution in [0.4, 0.5) is 0 Å². The van der Waals surface area contributed by atoms with Gasteiger partial charge in [-0.25, -0.2) is 0 Å². The number of nitrogens with zero attached hydrogens (tertiary/aromatic N) is 1. The quantitative estimate of drug-likeness (QED) is 0.553. The number of allylic oxidation sites excluding steroid dienone is 2. The molecule has 0 spiro atoms. The van der Waals surface area contributed by atoms with E-state index in [4.69, 9.17) is 0 Å². The average Bonchev–Trinajstić information content (AvgIpc) is 2.50. The molecular weight excluding hydrogens is 134 g/mol. The van der Waals surface area contributed by atoms with Crippen LogP contribution in [-0.2, 0) is 0 Å². The van der Waals surface area contributed by atoms with E-state index < -0.39 is 0 Å². The Morgan fingerprint density at radius 1 is 1.55 bits per heavy atom. The third-order valence-electron chi connectivity index (χ3n) is 2.78. The van der Waals surface area contributed by atoms with Crippen molar-refractivity contribution in [1.29, 1.82) is 0 Å². The van der Waals surface area contributed by atoms with Gasteiger partial charge in [-0.15, -0.1) is 0 Å². The number of hydrogen-bond acceptors (Lipinski definition) is 1. The van der Waals surface area contributed by atoms with Gasteiger partial charge in [-0.05, 0) is 31.3 Å². The fourth-order valence-corrected chi connectivity index (χ4v) is 2.10. The molecule has 0 N–H and O–H groups in total. The molecule has 1 nitrogen and oxygen atoms in total. The number of hydrogen-bond donors (Lipinski definition) is 0. The first kappa shape index (κ1) is 6.96. The maximum atomic E-state index is 3.80. The molecule has 2 aliphatic rings. The van der Waals surface area contributed by atoms with Gasteiger partial charge >= 0.3 is 0 Å². The van der Waals surface area contributed by atoms with E-state index >= 15 is 0 Å². The molecule has 0 aliphatic carbocycles.